The van der Waals surface area contributed by atoms with Crippen molar-refractivity contribution in [2.24, 2.45) is 7.05 Å². The van der Waals surface area contributed by atoms with Crippen molar-refractivity contribution < 1.29 is 4.39 Å². The summed E-state index contributed by atoms with van der Waals surface area (Å²) in [5.74, 6) is 0.778. The third-order valence-electron chi connectivity index (χ3n) is 6.43. The summed E-state index contributed by atoms with van der Waals surface area (Å²) < 4.78 is 15.3. The normalized spacial score (nSPS) is 14.8. The summed E-state index contributed by atoms with van der Waals surface area (Å²) in [6, 6.07) is 13.3. The molecule has 6 nitrogen and oxygen atoms in total. The van der Waals surface area contributed by atoms with Crippen molar-refractivity contribution in [2.75, 3.05) is 18.0 Å². The maximum absolute atomic E-state index is 13.2. The molecule has 0 amide bonds. The van der Waals surface area contributed by atoms with Crippen molar-refractivity contribution in [2.45, 2.75) is 25.8 Å². The van der Waals surface area contributed by atoms with E-state index in [1.165, 1.54) is 12.1 Å². The molecule has 2 aromatic heterocycles. The third kappa shape index (κ3) is 3.75. The first-order valence-electron chi connectivity index (χ1n) is 10.9. The van der Waals surface area contributed by atoms with Crippen LogP contribution in [0.2, 0.25) is 0 Å². The summed E-state index contributed by atoms with van der Waals surface area (Å²) in [6.45, 7) is 8.12. The lowest BCUT2D eigenvalue weighted by Crippen LogP contribution is -2.41. The van der Waals surface area contributed by atoms with Gasteiger partial charge in [0.25, 0.3) is 0 Å². The van der Waals surface area contributed by atoms with Gasteiger partial charge in [-0.1, -0.05) is 12.6 Å². The summed E-state index contributed by atoms with van der Waals surface area (Å²) in [7, 11) is 2.02. The van der Waals surface area contributed by atoms with Crippen molar-refractivity contribution in [1.29, 1.82) is 0 Å². The van der Waals surface area contributed by atoms with Crippen LogP contribution in [-0.4, -0.2) is 38.9 Å². The minimum atomic E-state index is -0.200. The molecule has 1 aliphatic heterocycles. The molecule has 0 unspecified atom stereocenters. The van der Waals surface area contributed by atoms with E-state index in [-0.39, 0.29) is 5.82 Å². The average molecular weight is 431 g/mol. The van der Waals surface area contributed by atoms with E-state index in [2.05, 4.69) is 54.7 Å². The van der Waals surface area contributed by atoms with Gasteiger partial charge >= 0.3 is 0 Å². The smallest absolute Gasteiger partial charge is 0.123 e. The fraction of sp³-hybridized carbons (Fsp3) is 0.280. The quantitative estimate of drug-likeness (QED) is 0.484. The number of piperidine rings is 1. The van der Waals surface area contributed by atoms with Crippen molar-refractivity contribution in [3.8, 4) is 11.3 Å². The van der Waals surface area contributed by atoms with E-state index in [0.29, 0.717) is 6.04 Å². The molecule has 164 valence electrons. The van der Waals surface area contributed by atoms with Crippen LogP contribution < -0.4 is 10.2 Å². The van der Waals surface area contributed by atoms with Crippen molar-refractivity contribution in [3.63, 3.8) is 0 Å². The molecule has 0 aliphatic carbocycles. The van der Waals surface area contributed by atoms with Gasteiger partial charge in [0.05, 0.1) is 23.1 Å². The number of benzene rings is 2. The predicted octanol–water partition coefficient (Wildman–Crippen LogP) is 4.64. The number of aromatic nitrogens is 4. The van der Waals surface area contributed by atoms with Crippen molar-refractivity contribution in [1.82, 2.24) is 25.1 Å². The molecule has 0 saturated carbocycles. The molecule has 2 aromatic carbocycles. The number of hydrogen-bond donors (Lipinski definition) is 2. The van der Waals surface area contributed by atoms with E-state index in [1.807, 2.05) is 32.3 Å². The third-order valence-corrected chi connectivity index (χ3v) is 6.43. The van der Waals surface area contributed by atoms with Gasteiger partial charge < -0.3 is 14.8 Å². The first kappa shape index (κ1) is 20.3. The minimum absolute atomic E-state index is 0.200. The molecule has 3 heterocycles. The van der Waals surface area contributed by atoms with Crippen LogP contribution in [-0.2, 0) is 7.05 Å². The molecular formula is C25H27FN6. The fourth-order valence-electron chi connectivity index (χ4n) is 4.42. The maximum atomic E-state index is 13.2. The number of imidazole rings is 1. The molecule has 0 atom stereocenters. The van der Waals surface area contributed by atoms with Gasteiger partial charge in [-0.15, -0.1) is 0 Å². The molecule has 1 saturated heterocycles. The number of rotatable bonds is 5. The van der Waals surface area contributed by atoms with Gasteiger partial charge in [0.2, 0.25) is 0 Å². The molecule has 32 heavy (non-hydrogen) atoms. The largest absolute Gasteiger partial charge is 0.381 e. The number of hydrogen-bond acceptors (Lipinski definition) is 4. The van der Waals surface area contributed by atoms with Crippen LogP contribution in [0, 0.1) is 12.7 Å². The fourth-order valence-corrected chi connectivity index (χ4v) is 4.42. The zero-order chi connectivity index (χ0) is 22.2. The Hall–Kier alpha value is -3.61. The Morgan fingerprint density at radius 1 is 1.16 bits per heavy atom. The Kier molecular flexibility index (Phi) is 5.17. The SMILES string of the molecule is C=C(NC1CCN(c2ccc(F)cc2)CC1)c1n[nH]c2ccc(-c3cnc(C)n3C)cc12. The Labute approximate surface area is 186 Å². The average Bonchev–Trinajstić information content (AvgIpc) is 3.38. The van der Waals surface area contributed by atoms with Crippen LogP contribution >= 0.6 is 0 Å². The Morgan fingerprint density at radius 3 is 2.59 bits per heavy atom. The number of anilines is 1. The van der Waals surface area contributed by atoms with Crippen LogP contribution in [0.4, 0.5) is 10.1 Å². The summed E-state index contributed by atoms with van der Waals surface area (Å²) in [5, 5.41) is 12.3. The second-order valence-electron chi connectivity index (χ2n) is 8.44. The van der Waals surface area contributed by atoms with Crippen LogP contribution in [0.5, 0.6) is 0 Å². The maximum Gasteiger partial charge on any atom is 0.123 e. The predicted molar refractivity (Wildman–Crippen MR) is 127 cm³/mol. The molecule has 0 radical (unpaired) electrons. The number of nitrogens with zero attached hydrogens (tertiary/aromatic N) is 4. The molecule has 0 spiro atoms. The van der Waals surface area contributed by atoms with E-state index >= 15 is 0 Å². The van der Waals surface area contributed by atoms with Gasteiger partial charge in [0.15, 0.2) is 0 Å². The summed E-state index contributed by atoms with van der Waals surface area (Å²) in [4.78, 5) is 6.71. The number of H-pyrrole nitrogens is 1. The monoisotopic (exact) mass is 430 g/mol. The molecular weight excluding hydrogens is 403 g/mol. The van der Waals surface area contributed by atoms with E-state index < -0.39 is 0 Å². The van der Waals surface area contributed by atoms with Crippen molar-refractivity contribution in [3.05, 3.63) is 72.6 Å². The van der Waals surface area contributed by atoms with E-state index in [1.54, 1.807) is 0 Å². The van der Waals surface area contributed by atoms with E-state index in [4.69, 9.17) is 0 Å². The molecule has 1 fully saturated rings. The Morgan fingerprint density at radius 2 is 1.91 bits per heavy atom. The Bertz CT molecular complexity index is 1260. The number of halogens is 1. The standard InChI is InChI=1S/C25H27FN6/c1-16(28-20-10-12-32(13-11-20)21-7-5-19(26)6-8-21)25-22-14-18(4-9-23(22)29-30-25)24-15-27-17(2)31(24)3/h4-9,14-15,20,28H,1,10-13H2,2-3H3,(H,29,30). The van der Waals surface area contributed by atoms with Gasteiger partial charge in [-0.05, 0) is 56.2 Å². The number of aromatic amines is 1. The molecule has 5 rings (SSSR count). The van der Waals surface area contributed by atoms with Gasteiger partial charge in [0.1, 0.15) is 17.3 Å². The van der Waals surface area contributed by atoms with Gasteiger partial charge in [0, 0.05) is 42.8 Å². The van der Waals surface area contributed by atoms with Crippen LogP contribution in [0.15, 0.2) is 55.2 Å². The molecule has 0 bridgehead atoms. The van der Waals surface area contributed by atoms with Gasteiger partial charge in [-0.25, -0.2) is 9.37 Å². The first-order chi connectivity index (χ1) is 15.5. The second-order valence-corrected chi connectivity index (χ2v) is 8.44. The number of nitrogens with one attached hydrogen (secondary N) is 2. The van der Waals surface area contributed by atoms with Crippen LogP contribution in [0.25, 0.3) is 27.9 Å². The van der Waals surface area contributed by atoms with E-state index in [9.17, 15) is 4.39 Å². The van der Waals surface area contributed by atoms with Crippen LogP contribution in [0.1, 0.15) is 24.4 Å². The van der Waals surface area contributed by atoms with Crippen molar-refractivity contribution >= 4 is 22.3 Å². The summed E-state index contributed by atoms with van der Waals surface area (Å²) >= 11 is 0. The lowest BCUT2D eigenvalue weighted by Gasteiger charge is -2.34. The number of fused-ring (bicyclic) bond motifs is 1. The highest BCUT2D eigenvalue weighted by atomic mass is 19.1. The highest BCUT2D eigenvalue weighted by Crippen LogP contribution is 2.28. The zero-order valence-corrected chi connectivity index (χ0v) is 18.4. The molecule has 7 heteroatoms. The number of aryl methyl sites for hydroxylation is 1. The highest BCUT2D eigenvalue weighted by molar-refractivity contribution is 5.92. The lowest BCUT2D eigenvalue weighted by molar-refractivity contribution is 0.460. The molecule has 2 N–H and O–H groups in total. The lowest BCUT2D eigenvalue weighted by atomic mass is 10.0. The summed E-state index contributed by atoms with van der Waals surface area (Å²) in [5.41, 5.74) is 5.90. The topological polar surface area (TPSA) is 61.8 Å². The minimum Gasteiger partial charge on any atom is -0.381 e. The van der Waals surface area contributed by atoms with Gasteiger partial charge in [-0.3, -0.25) is 5.10 Å². The zero-order valence-electron chi connectivity index (χ0n) is 18.4. The molecule has 4 aromatic rings. The van der Waals surface area contributed by atoms with Crippen LogP contribution in [0.3, 0.4) is 0 Å². The first-order valence-corrected chi connectivity index (χ1v) is 10.9. The van der Waals surface area contributed by atoms with E-state index in [0.717, 1.165) is 71.0 Å². The second kappa shape index (κ2) is 8.15. The van der Waals surface area contributed by atoms with Gasteiger partial charge in [-0.2, -0.15) is 5.10 Å². The highest BCUT2D eigenvalue weighted by Gasteiger charge is 2.21. The Balaban J connectivity index is 1.29. The molecule has 1 aliphatic rings. The summed E-state index contributed by atoms with van der Waals surface area (Å²) in [6.07, 6.45) is 3.87.